The molecule has 0 bridgehead atoms. The fourth-order valence-corrected chi connectivity index (χ4v) is 3.19. The number of fused-ring (bicyclic) bond motifs is 1. The lowest BCUT2D eigenvalue weighted by molar-refractivity contribution is 0.229. The van der Waals surface area contributed by atoms with E-state index < -0.39 is 0 Å². The van der Waals surface area contributed by atoms with Gasteiger partial charge >= 0.3 is 0 Å². The highest BCUT2D eigenvalue weighted by molar-refractivity contribution is 5.77. The highest BCUT2D eigenvalue weighted by Crippen LogP contribution is 2.36. The molecule has 1 aliphatic rings. The van der Waals surface area contributed by atoms with Gasteiger partial charge in [0.05, 0.1) is 0 Å². The summed E-state index contributed by atoms with van der Waals surface area (Å²) in [6, 6.07) is 6.77. The summed E-state index contributed by atoms with van der Waals surface area (Å²) in [6.07, 6.45) is 5.16. The van der Waals surface area contributed by atoms with E-state index in [1.54, 1.807) is 0 Å². The molecule has 2 aromatic rings. The zero-order valence-corrected chi connectivity index (χ0v) is 12.0. The summed E-state index contributed by atoms with van der Waals surface area (Å²) in [7, 11) is 0. The molecule has 1 unspecified atom stereocenters. The average molecular weight is 258 g/mol. The fourth-order valence-electron chi connectivity index (χ4n) is 3.19. The number of nitrogens with zero attached hydrogens (tertiary/aromatic N) is 1. The molecule has 1 fully saturated rings. The quantitative estimate of drug-likeness (QED) is 0.860. The highest BCUT2D eigenvalue weighted by Gasteiger charge is 2.27. The molecule has 0 aliphatic heterocycles. The molecule has 1 atom stereocenters. The van der Waals surface area contributed by atoms with Gasteiger partial charge in [0.2, 0.25) is 0 Å². The van der Waals surface area contributed by atoms with Crippen LogP contribution < -0.4 is 5.32 Å². The van der Waals surface area contributed by atoms with Crippen molar-refractivity contribution in [3.05, 3.63) is 24.1 Å². The topological polar surface area (TPSA) is 38.1 Å². The first-order chi connectivity index (χ1) is 9.02. The van der Waals surface area contributed by atoms with Gasteiger partial charge in [0.15, 0.2) is 11.5 Å². The second-order valence-corrected chi connectivity index (χ2v) is 6.52. The van der Waals surface area contributed by atoms with Crippen molar-refractivity contribution in [3.63, 3.8) is 0 Å². The Morgan fingerprint density at radius 2 is 2.21 bits per heavy atom. The van der Waals surface area contributed by atoms with Crippen LogP contribution in [-0.4, -0.2) is 11.0 Å². The van der Waals surface area contributed by atoms with Gasteiger partial charge in [-0.2, -0.15) is 0 Å². The van der Waals surface area contributed by atoms with Crippen molar-refractivity contribution in [2.75, 3.05) is 5.32 Å². The lowest BCUT2D eigenvalue weighted by Crippen LogP contribution is -2.31. The number of rotatable bonds is 2. The maximum absolute atomic E-state index is 5.51. The van der Waals surface area contributed by atoms with Crippen molar-refractivity contribution in [1.29, 1.82) is 0 Å². The zero-order valence-electron chi connectivity index (χ0n) is 12.0. The molecule has 1 aromatic heterocycles. The molecular formula is C16H22N2O. The van der Waals surface area contributed by atoms with Gasteiger partial charge in [-0.25, -0.2) is 4.98 Å². The van der Waals surface area contributed by atoms with Gasteiger partial charge in [-0.05, 0) is 42.9 Å². The molecule has 1 saturated carbocycles. The second kappa shape index (κ2) is 4.55. The van der Waals surface area contributed by atoms with Crippen LogP contribution in [0.1, 0.15) is 45.4 Å². The third kappa shape index (κ3) is 2.75. The average Bonchev–Trinajstić information content (AvgIpc) is 2.67. The van der Waals surface area contributed by atoms with E-state index in [1.807, 2.05) is 13.0 Å². The predicted octanol–water partition coefficient (Wildman–Crippen LogP) is 4.52. The second-order valence-electron chi connectivity index (χ2n) is 6.52. The van der Waals surface area contributed by atoms with E-state index >= 15 is 0 Å². The van der Waals surface area contributed by atoms with E-state index in [0.717, 1.165) is 22.7 Å². The standard InChI is InChI=1S/C16H22N2O/c1-11-17-14-9-12(6-7-15(14)19-11)18-13-5-4-8-16(2,3)10-13/h6-7,9,13,18H,4-5,8,10H2,1-3H3. The van der Waals surface area contributed by atoms with Crippen LogP contribution in [0, 0.1) is 12.3 Å². The Balaban J connectivity index is 1.77. The third-order valence-corrected chi connectivity index (χ3v) is 4.07. The molecule has 0 spiro atoms. The van der Waals surface area contributed by atoms with Crippen molar-refractivity contribution in [3.8, 4) is 0 Å². The summed E-state index contributed by atoms with van der Waals surface area (Å²) in [6.45, 7) is 6.62. The number of anilines is 1. The van der Waals surface area contributed by atoms with Crippen molar-refractivity contribution in [1.82, 2.24) is 4.98 Å². The van der Waals surface area contributed by atoms with Gasteiger partial charge in [-0.15, -0.1) is 0 Å². The number of hydrogen-bond donors (Lipinski definition) is 1. The number of oxazole rings is 1. The molecule has 0 radical (unpaired) electrons. The first-order valence-corrected chi connectivity index (χ1v) is 7.16. The molecule has 3 heteroatoms. The molecule has 3 nitrogen and oxygen atoms in total. The maximum Gasteiger partial charge on any atom is 0.192 e. The van der Waals surface area contributed by atoms with Crippen molar-refractivity contribution in [2.24, 2.45) is 5.41 Å². The van der Waals surface area contributed by atoms with Gasteiger partial charge < -0.3 is 9.73 Å². The Hall–Kier alpha value is -1.51. The summed E-state index contributed by atoms with van der Waals surface area (Å²) in [5.74, 6) is 0.728. The lowest BCUT2D eigenvalue weighted by Gasteiger charge is -2.36. The van der Waals surface area contributed by atoms with Crippen LogP contribution in [-0.2, 0) is 0 Å². The first kappa shape index (κ1) is 12.5. The summed E-state index contributed by atoms with van der Waals surface area (Å²) in [5, 5.41) is 3.66. The Morgan fingerprint density at radius 1 is 1.37 bits per heavy atom. The minimum absolute atomic E-state index is 0.463. The van der Waals surface area contributed by atoms with Crippen molar-refractivity contribution in [2.45, 2.75) is 52.5 Å². The number of aromatic nitrogens is 1. The molecule has 3 rings (SSSR count). The number of aryl methyl sites for hydroxylation is 1. The molecule has 1 aromatic carbocycles. The molecule has 0 amide bonds. The predicted molar refractivity (Wildman–Crippen MR) is 78.4 cm³/mol. The van der Waals surface area contributed by atoms with Crippen molar-refractivity contribution < 1.29 is 4.42 Å². The Morgan fingerprint density at radius 3 is 3.00 bits per heavy atom. The molecule has 1 aliphatic carbocycles. The van der Waals surface area contributed by atoms with Gasteiger partial charge in [0.1, 0.15) is 5.52 Å². The van der Waals surface area contributed by atoms with Crippen LogP contribution in [0.3, 0.4) is 0 Å². The Kier molecular flexibility index (Phi) is 3.00. The van der Waals surface area contributed by atoms with E-state index in [0.29, 0.717) is 11.5 Å². The first-order valence-electron chi connectivity index (χ1n) is 7.16. The van der Waals surface area contributed by atoms with Gasteiger partial charge in [0, 0.05) is 18.7 Å². The Bertz CT molecular complexity index is 585. The molecule has 19 heavy (non-hydrogen) atoms. The maximum atomic E-state index is 5.51. The lowest BCUT2D eigenvalue weighted by atomic mass is 9.75. The van der Waals surface area contributed by atoms with E-state index in [9.17, 15) is 0 Å². The van der Waals surface area contributed by atoms with Crippen LogP contribution in [0.4, 0.5) is 5.69 Å². The highest BCUT2D eigenvalue weighted by atomic mass is 16.3. The van der Waals surface area contributed by atoms with E-state index in [2.05, 4.69) is 36.3 Å². The molecule has 1 heterocycles. The van der Waals surface area contributed by atoms with Crippen molar-refractivity contribution >= 4 is 16.8 Å². The van der Waals surface area contributed by atoms with Crippen LogP contribution in [0.2, 0.25) is 0 Å². The van der Waals surface area contributed by atoms with E-state index in [1.165, 1.54) is 25.7 Å². The SMILES string of the molecule is Cc1nc2cc(NC3CCCC(C)(C)C3)ccc2o1. The van der Waals surface area contributed by atoms with E-state index in [4.69, 9.17) is 4.42 Å². The fraction of sp³-hybridized carbons (Fsp3) is 0.562. The third-order valence-electron chi connectivity index (χ3n) is 4.07. The normalized spacial score (nSPS) is 22.6. The molecular weight excluding hydrogens is 236 g/mol. The zero-order chi connectivity index (χ0) is 13.5. The molecule has 1 N–H and O–H groups in total. The molecule has 0 saturated heterocycles. The van der Waals surface area contributed by atoms with Crippen LogP contribution in [0.5, 0.6) is 0 Å². The summed E-state index contributed by atoms with van der Waals surface area (Å²) in [4.78, 5) is 4.39. The van der Waals surface area contributed by atoms with Crippen LogP contribution in [0.15, 0.2) is 22.6 Å². The van der Waals surface area contributed by atoms with E-state index in [-0.39, 0.29) is 0 Å². The minimum atomic E-state index is 0.463. The smallest absolute Gasteiger partial charge is 0.192 e. The van der Waals surface area contributed by atoms with Gasteiger partial charge in [-0.1, -0.05) is 20.3 Å². The molecule has 102 valence electrons. The van der Waals surface area contributed by atoms with Gasteiger partial charge in [0.25, 0.3) is 0 Å². The minimum Gasteiger partial charge on any atom is -0.441 e. The van der Waals surface area contributed by atoms with Crippen LogP contribution >= 0.6 is 0 Å². The summed E-state index contributed by atoms with van der Waals surface area (Å²) < 4.78 is 5.51. The monoisotopic (exact) mass is 258 g/mol. The number of benzene rings is 1. The van der Waals surface area contributed by atoms with Gasteiger partial charge in [-0.3, -0.25) is 0 Å². The largest absolute Gasteiger partial charge is 0.441 e. The number of hydrogen-bond acceptors (Lipinski definition) is 3. The number of nitrogens with one attached hydrogen (secondary N) is 1. The Labute approximate surface area is 114 Å². The summed E-state index contributed by atoms with van der Waals surface area (Å²) in [5.41, 5.74) is 3.43. The summed E-state index contributed by atoms with van der Waals surface area (Å²) >= 11 is 0. The van der Waals surface area contributed by atoms with Crippen LogP contribution in [0.25, 0.3) is 11.1 Å².